The van der Waals surface area contributed by atoms with Crippen molar-refractivity contribution in [2.45, 2.75) is 13.1 Å². The van der Waals surface area contributed by atoms with Crippen molar-refractivity contribution >= 4 is 5.78 Å². The molecule has 0 aliphatic heterocycles. The Bertz CT molecular complexity index is 374. The van der Waals surface area contributed by atoms with Crippen LogP contribution in [0.15, 0.2) is 36.4 Å². The molecule has 0 unspecified atom stereocenters. The summed E-state index contributed by atoms with van der Waals surface area (Å²) in [6, 6.07) is 4.14. The van der Waals surface area contributed by atoms with Gasteiger partial charge in [0, 0.05) is 5.56 Å². The number of allylic oxidation sites excluding steroid dienone is 2. The maximum Gasteiger partial charge on any atom is 0.416 e. The Kier molecular flexibility index (Phi) is 3.29. The van der Waals surface area contributed by atoms with E-state index in [0.29, 0.717) is 0 Å². The van der Waals surface area contributed by atoms with Crippen LogP contribution in [0, 0.1) is 0 Å². The zero-order valence-corrected chi connectivity index (χ0v) is 8.01. The van der Waals surface area contributed by atoms with E-state index >= 15 is 0 Å². The number of carbonyl (C=O) groups excluding carboxylic acids is 1. The molecular formula is C11H9F3O. The van der Waals surface area contributed by atoms with Crippen molar-refractivity contribution in [3.8, 4) is 0 Å². The summed E-state index contributed by atoms with van der Waals surface area (Å²) in [5.41, 5.74) is -0.499. The second-order valence-corrected chi connectivity index (χ2v) is 2.94. The van der Waals surface area contributed by atoms with E-state index in [1.54, 1.807) is 13.0 Å². The Morgan fingerprint density at radius 2 is 1.73 bits per heavy atom. The van der Waals surface area contributed by atoms with Crippen molar-refractivity contribution in [3.05, 3.63) is 47.5 Å². The molecule has 0 saturated carbocycles. The topological polar surface area (TPSA) is 17.1 Å². The molecule has 0 saturated heterocycles. The number of carbonyl (C=O) groups is 1. The maximum absolute atomic E-state index is 12.2. The highest BCUT2D eigenvalue weighted by Crippen LogP contribution is 2.29. The van der Waals surface area contributed by atoms with Crippen LogP contribution in [0.25, 0.3) is 0 Å². The molecular weight excluding hydrogens is 205 g/mol. The Hall–Kier alpha value is -1.58. The summed E-state index contributed by atoms with van der Waals surface area (Å²) >= 11 is 0. The molecule has 0 aliphatic rings. The average Bonchev–Trinajstić information content (AvgIpc) is 2.17. The van der Waals surface area contributed by atoms with Crippen LogP contribution in [0.1, 0.15) is 22.8 Å². The quantitative estimate of drug-likeness (QED) is 0.544. The molecule has 0 bridgehead atoms. The first-order chi connectivity index (χ1) is 6.95. The molecule has 0 N–H and O–H groups in total. The molecule has 0 amide bonds. The first kappa shape index (κ1) is 11.5. The monoisotopic (exact) mass is 214 g/mol. The SMILES string of the molecule is C/C=C/C(=O)c1ccc(C(F)(F)F)cc1. The van der Waals surface area contributed by atoms with Crippen molar-refractivity contribution in [1.82, 2.24) is 0 Å². The summed E-state index contributed by atoms with van der Waals surface area (Å²) in [5, 5.41) is 0. The molecule has 80 valence electrons. The van der Waals surface area contributed by atoms with Crippen LogP contribution in [0.2, 0.25) is 0 Å². The minimum absolute atomic E-state index is 0.251. The third-order valence-electron chi connectivity index (χ3n) is 1.81. The van der Waals surface area contributed by atoms with Gasteiger partial charge in [0.1, 0.15) is 0 Å². The number of alkyl halides is 3. The molecule has 0 fully saturated rings. The molecule has 0 spiro atoms. The van der Waals surface area contributed by atoms with E-state index in [9.17, 15) is 18.0 Å². The normalized spacial score (nSPS) is 12.0. The lowest BCUT2D eigenvalue weighted by Crippen LogP contribution is -2.05. The number of hydrogen-bond acceptors (Lipinski definition) is 1. The van der Waals surface area contributed by atoms with E-state index < -0.39 is 11.7 Å². The predicted molar refractivity (Wildman–Crippen MR) is 50.6 cm³/mol. The fourth-order valence-corrected chi connectivity index (χ4v) is 1.07. The van der Waals surface area contributed by atoms with E-state index in [2.05, 4.69) is 0 Å². The summed E-state index contributed by atoms with van der Waals surface area (Å²) < 4.78 is 36.5. The van der Waals surface area contributed by atoms with Gasteiger partial charge in [-0.25, -0.2) is 0 Å². The standard InChI is InChI=1S/C11H9F3O/c1-2-3-10(15)8-4-6-9(7-5-8)11(12,13)14/h2-7H,1H3/b3-2+. The van der Waals surface area contributed by atoms with Crippen LogP contribution in [-0.4, -0.2) is 5.78 Å². The van der Waals surface area contributed by atoms with Crippen LogP contribution in [-0.2, 0) is 6.18 Å². The van der Waals surface area contributed by atoms with Gasteiger partial charge < -0.3 is 0 Å². The lowest BCUT2D eigenvalue weighted by atomic mass is 10.1. The highest BCUT2D eigenvalue weighted by atomic mass is 19.4. The number of halogens is 3. The van der Waals surface area contributed by atoms with Crippen LogP contribution < -0.4 is 0 Å². The second kappa shape index (κ2) is 4.29. The number of rotatable bonds is 2. The van der Waals surface area contributed by atoms with Crippen molar-refractivity contribution in [2.24, 2.45) is 0 Å². The summed E-state index contributed by atoms with van der Waals surface area (Å²) in [7, 11) is 0. The molecule has 15 heavy (non-hydrogen) atoms. The highest BCUT2D eigenvalue weighted by molar-refractivity contribution is 6.04. The second-order valence-electron chi connectivity index (χ2n) is 2.94. The molecule has 1 nitrogen and oxygen atoms in total. The lowest BCUT2D eigenvalue weighted by Gasteiger charge is -2.06. The van der Waals surface area contributed by atoms with Crippen molar-refractivity contribution < 1.29 is 18.0 Å². The van der Waals surface area contributed by atoms with E-state index in [0.717, 1.165) is 12.1 Å². The first-order valence-electron chi connectivity index (χ1n) is 4.29. The van der Waals surface area contributed by atoms with E-state index in [4.69, 9.17) is 0 Å². The van der Waals surface area contributed by atoms with Gasteiger partial charge in [-0.15, -0.1) is 0 Å². The molecule has 1 aromatic carbocycles. The molecule has 0 heterocycles. The van der Waals surface area contributed by atoms with Gasteiger partial charge in [-0.05, 0) is 25.1 Å². The molecule has 4 heteroatoms. The largest absolute Gasteiger partial charge is 0.416 e. The molecule has 1 rings (SSSR count). The van der Waals surface area contributed by atoms with Crippen molar-refractivity contribution in [2.75, 3.05) is 0 Å². The Morgan fingerprint density at radius 3 is 2.13 bits per heavy atom. The van der Waals surface area contributed by atoms with Gasteiger partial charge in [-0.1, -0.05) is 18.2 Å². The molecule has 0 aromatic heterocycles. The average molecular weight is 214 g/mol. The third kappa shape index (κ3) is 2.94. The number of benzene rings is 1. The number of ketones is 1. The zero-order chi connectivity index (χ0) is 11.5. The van der Waals surface area contributed by atoms with Gasteiger partial charge in [0.15, 0.2) is 5.78 Å². The minimum Gasteiger partial charge on any atom is -0.289 e. The fourth-order valence-electron chi connectivity index (χ4n) is 1.07. The van der Waals surface area contributed by atoms with Crippen LogP contribution in [0.5, 0.6) is 0 Å². The summed E-state index contributed by atoms with van der Waals surface area (Å²) in [5.74, 6) is -0.300. The highest BCUT2D eigenvalue weighted by Gasteiger charge is 2.30. The van der Waals surface area contributed by atoms with Crippen LogP contribution >= 0.6 is 0 Å². The van der Waals surface area contributed by atoms with Crippen LogP contribution in [0.4, 0.5) is 13.2 Å². The molecule has 0 aliphatic carbocycles. The predicted octanol–water partition coefficient (Wildman–Crippen LogP) is 3.46. The van der Waals surface area contributed by atoms with Crippen LogP contribution in [0.3, 0.4) is 0 Å². The summed E-state index contributed by atoms with van der Waals surface area (Å²) in [6.45, 7) is 1.67. The fraction of sp³-hybridized carbons (Fsp3) is 0.182. The van der Waals surface area contributed by atoms with Gasteiger partial charge in [-0.2, -0.15) is 13.2 Å². The smallest absolute Gasteiger partial charge is 0.289 e. The Balaban J connectivity index is 2.95. The Labute approximate surface area is 85.2 Å². The van der Waals surface area contributed by atoms with Gasteiger partial charge in [-0.3, -0.25) is 4.79 Å². The number of hydrogen-bond donors (Lipinski definition) is 0. The first-order valence-corrected chi connectivity index (χ1v) is 4.29. The van der Waals surface area contributed by atoms with Crippen molar-refractivity contribution in [1.29, 1.82) is 0 Å². The van der Waals surface area contributed by atoms with Gasteiger partial charge in [0.05, 0.1) is 5.56 Å². The zero-order valence-electron chi connectivity index (χ0n) is 8.01. The van der Waals surface area contributed by atoms with Gasteiger partial charge >= 0.3 is 6.18 Å². The molecule has 1 aromatic rings. The van der Waals surface area contributed by atoms with Crippen molar-refractivity contribution in [3.63, 3.8) is 0 Å². The van der Waals surface area contributed by atoms with Gasteiger partial charge in [0.2, 0.25) is 0 Å². The maximum atomic E-state index is 12.2. The van der Waals surface area contributed by atoms with Gasteiger partial charge in [0.25, 0.3) is 0 Å². The third-order valence-corrected chi connectivity index (χ3v) is 1.81. The van der Waals surface area contributed by atoms with E-state index in [-0.39, 0.29) is 11.3 Å². The summed E-state index contributed by atoms with van der Waals surface area (Å²) in [4.78, 5) is 11.2. The van der Waals surface area contributed by atoms with E-state index in [1.807, 2.05) is 0 Å². The summed E-state index contributed by atoms with van der Waals surface area (Å²) in [6.07, 6.45) is -1.51. The molecule has 0 radical (unpaired) electrons. The van der Waals surface area contributed by atoms with E-state index in [1.165, 1.54) is 18.2 Å². The minimum atomic E-state index is -4.36. The molecule has 0 atom stereocenters. The Morgan fingerprint density at radius 1 is 1.20 bits per heavy atom. The lowest BCUT2D eigenvalue weighted by molar-refractivity contribution is -0.137.